The highest BCUT2D eigenvalue weighted by atomic mass is 14.7. The molecule has 0 saturated heterocycles. The van der Waals surface area contributed by atoms with Gasteiger partial charge in [0.25, 0.3) is 0 Å². The van der Waals surface area contributed by atoms with Crippen LogP contribution >= 0.6 is 0 Å². The second-order valence-corrected chi connectivity index (χ2v) is 3.12. The van der Waals surface area contributed by atoms with Crippen LogP contribution in [0.4, 0.5) is 0 Å². The van der Waals surface area contributed by atoms with Gasteiger partial charge in [-0.15, -0.1) is 0 Å². The lowest BCUT2D eigenvalue weighted by Gasteiger charge is -2.07. The van der Waals surface area contributed by atoms with Gasteiger partial charge in [-0.3, -0.25) is 4.99 Å². The van der Waals surface area contributed by atoms with Gasteiger partial charge in [-0.1, -0.05) is 37.4 Å². The van der Waals surface area contributed by atoms with Crippen LogP contribution in [0.3, 0.4) is 0 Å². The van der Waals surface area contributed by atoms with Crippen LogP contribution in [0.5, 0.6) is 0 Å². The third-order valence-corrected chi connectivity index (χ3v) is 2.27. The fourth-order valence-corrected chi connectivity index (χ4v) is 1.47. The van der Waals surface area contributed by atoms with Crippen LogP contribution in [-0.2, 0) is 0 Å². The third kappa shape index (κ3) is 1.99. The molecule has 0 atom stereocenters. The number of aliphatic imine (C=N–C) groups is 1. The average molecular weight is 185 g/mol. The molecule has 1 rings (SSSR count). The Kier molecular flexibility index (Phi) is 3.41. The minimum Gasteiger partial charge on any atom is -0.262 e. The molecule has 1 aromatic rings. The summed E-state index contributed by atoms with van der Waals surface area (Å²) in [6.07, 6.45) is 3.43. The molecule has 0 fully saturated rings. The summed E-state index contributed by atoms with van der Waals surface area (Å²) in [5.41, 5.74) is 4.51. The molecule has 0 aliphatic heterocycles. The first-order valence-electron chi connectivity index (χ1n) is 4.58. The first kappa shape index (κ1) is 10.5. The molecular formula is C13H15N. The van der Waals surface area contributed by atoms with E-state index in [-0.39, 0.29) is 0 Å². The first-order chi connectivity index (χ1) is 6.70. The molecule has 0 aliphatic rings. The Morgan fingerprint density at radius 2 is 2.07 bits per heavy atom. The summed E-state index contributed by atoms with van der Waals surface area (Å²) in [5, 5.41) is 0. The molecule has 1 nitrogen and oxygen atoms in total. The van der Waals surface area contributed by atoms with E-state index in [1.807, 2.05) is 25.1 Å². The maximum absolute atomic E-state index is 4.18. The summed E-state index contributed by atoms with van der Waals surface area (Å²) in [7, 11) is 0. The molecule has 0 aliphatic carbocycles. The van der Waals surface area contributed by atoms with Gasteiger partial charge in [0.1, 0.15) is 0 Å². The summed E-state index contributed by atoms with van der Waals surface area (Å²) in [5.74, 6) is 0. The van der Waals surface area contributed by atoms with E-state index in [0.717, 1.165) is 16.8 Å². The van der Waals surface area contributed by atoms with Crippen molar-refractivity contribution in [1.82, 2.24) is 0 Å². The van der Waals surface area contributed by atoms with Gasteiger partial charge in [0.15, 0.2) is 0 Å². The van der Waals surface area contributed by atoms with Crippen LogP contribution in [0.2, 0.25) is 0 Å². The van der Waals surface area contributed by atoms with Gasteiger partial charge in [-0.25, -0.2) is 0 Å². The zero-order valence-corrected chi connectivity index (χ0v) is 8.75. The van der Waals surface area contributed by atoms with Gasteiger partial charge in [0.2, 0.25) is 0 Å². The lowest BCUT2D eigenvalue weighted by Crippen LogP contribution is -1.98. The molecule has 0 aromatic heterocycles. The van der Waals surface area contributed by atoms with Crippen molar-refractivity contribution in [2.24, 2.45) is 4.99 Å². The van der Waals surface area contributed by atoms with Crippen LogP contribution in [0.25, 0.3) is 6.08 Å². The fraction of sp³-hybridized carbons (Fsp3) is 0.154. The number of nitrogens with zero attached hydrogens (tertiary/aromatic N) is 1. The van der Waals surface area contributed by atoms with Crippen LogP contribution in [0.15, 0.2) is 42.5 Å². The van der Waals surface area contributed by atoms with E-state index in [2.05, 4.69) is 31.1 Å². The topological polar surface area (TPSA) is 12.4 Å². The molecule has 0 heterocycles. The highest BCUT2D eigenvalue weighted by Crippen LogP contribution is 2.15. The predicted molar refractivity (Wildman–Crippen MR) is 63.7 cm³/mol. The van der Waals surface area contributed by atoms with E-state index in [9.17, 15) is 0 Å². The molecule has 0 radical (unpaired) electrons. The Morgan fingerprint density at radius 3 is 2.64 bits per heavy atom. The standard InChI is InChI=1S/C13H15N/c1-5-12-8-7-9-13(10(12)3)11(4)14-6-2/h5-9H,1-2H2,3-4H3. The molecule has 0 saturated carbocycles. The smallest absolute Gasteiger partial charge is 0.0447 e. The minimum atomic E-state index is 0.987. The predicted octanol–water partition coefficient (Wildman–Crippen LogP) is 3.59. The quantitative estimate of drug-likeness (QED) is 0.638. The van der Waals surface area contributed by atoms with Gasteiger partial charge in [-0.2, -0.15) is 0 Å². The molecule has 0 bridgehead atoms. The highest BCUT2D eigenvalue weighted by Gasteiger charge is 2.03. The van der Waals surface area contributed by atoms with E-state index >= 15 is 0 Å². The van der Waals surface area contributed by atoms with E-state index in [4.69, 9.17) is 0 Å². The molecule has 0 amide bonds. The summed E-state index contributed by atoms with van der Waals surface area (Å²) in [6.45, 7) is 11.4. The van der Waals surface area contributed by atoms with Gasteiger partial charge in [0, 0.05) is 11.9 Å². The lowest BCUT2D eigenvalue weighted by atomic mass is 9.99. The normalized spacial score (nSPS) is 11.1. The fourth-order valence-electron chi connectivity index (χ4n) is 1.47. The lowest BCUT2D eigenvalue weighted by molar-refractivity contribution is 1.39. The molecule has 0 N–H and O–H groups in total. The van der Waals surface area contributed by atoms with Crippen LogP contribution < -0.4 is 0 Å². The number of hydrogen-bond donors (Lipinski definition) is 0. The summed E-state index contributed by atoms with van der Waals surface area (Å²) >= 11 is 0. The maximum Gasteiger partial charge on any atom is 0.0447 e. The van der Waals surface area contributed by atoms with Crippen molar-refractivity contribution >= 4 is 11.8 Å². The van der Waals surface area contributed by atoms with E-state index < -0.39 is 0 Å². The van der Waals surface area contributed by atoms with Gasteiger partial charge >= 0.3 is 0 Å². The Balaban J connectivity index is 3.28. The molecular weight excluding hydrogens is 170 g/mol. The summed E-state index contributed by atoms with van der Waals surface area (Å²) < 4.78 is 0. The zero-order valence-electron chi connectivity index (χ0n) is 8.75. The maximum atomic E-state index is 4.18. The van der Waals surface area contributed by atoms with Gasteiger partial charge < -0.3 is 0 Å². The van der Waals surface area contributed by atoms with Crippen LogP contribution in [-0.4, -0.2) is 5.71 Å². The number of benzene rings is 1. The Hall–Kier alpha value is -1.63. The third-order valence-electron chi connectivity index (χ3n) is 2.27. The summed E-state index contributed by atoms with van der Waals surface area (Å²) in [6, 6.07) is 6.12. The Bertz CT molecular complexity index is 386. The second kappa shape index (κ2) is 4.56. The SMILES string of the molecule is C=CN=C(C)c1cccc(C=C)c1C. The van der Waals surface area contributed by atoms with Crippen molar-refractivity contribution in [2.75, 3.05) is 0 Å². The van der Waals surface area contributed by atoms with Crippen LogP contribution in [0.1, 0.15) is 23.6 Å². The zero-order chi connectivity index (χ0) is 10.6. The largest absolute Gasteiger partial charge is 0.262 e. The second-order valence-electron chi connectivity index (χ2n) is 3.12. The van der Waals surface area contributed by atoms with Crippen LogP contribution in [0, 0.1) is 6.92 Å². The van der Waals surface area contributed by atoms with E-state index in [1.54, 1.807) is 6.20 Å². The van der Waals surface area contributed by atoms with Crippen molar-refractivity contribution in [3.8, 4) is 0 Å². The molecule has 14 heavy (non-hydrogen) atoms. The van der Waals surface area contributed by atoms with Gasteiger partial charge in [0.05, 0.1) is 0 Å². The molecule has 1 aromatic carbocycles. The van der Waals surface area contributed by atoms with Crippen molar-refractivity contribution in [1.29, 1.82) is 0 Å². The first-order valence-corrected chi connectivity index (χ1v) is 4.58. The van der Waals surface area contributed by atoms with Crippen molar-refractivity contribution in [3.63, 3.8) is 0 Å². The van der Waals surface area contributed by atoms with E-state index in [1.165, 1.54) is 5.56 Å². The summed E-state index contributed by atoms with van der Waals surface area (Å²) in [4.78, 5) is 4.18. The number of hydrogen-bond acceptors (Lipinski definition) is 1. The molecule has 0 spiro atoms. The van der Waals surface area contributed by atoms with Crippen molar-refractivity contribution in [2.45, 2.75) is 13.8 Å². The molecule has 0 unspecified atom stereocenters. The Morgan fingerprint density at radius 1 is 1.36 bits per heavy atom. The van der Waals surface area contributed by atoms with E-state index in [0.29, 0.717) is 0 Å². The van der Waals surface area contributed by atoms with Crippen molar-refractivity contribution < 1.29 is 0 Å². The number of rotatable bonds is 3. The monoisotopic (exact) mass is 185 g/mol. The molecule has 72 valence electrons. The minimum absolute atomic E-state index is 0.987. The Labute approximate surface area is 85.5 Å². The van der Waals surface area contributed by atoms with Gasteiger partial charge in [-0.05, 0) is 30.5 Å². The average Bonchev–Trinajstić information content (AvgIpc) is 2.18. The molecule has 1 heteroatoms. The highest BCUT2D eigenvalue weighted by molar-refractivity contribution is 6.00. The van der Waals surface area contributed by atoms with Crippen molar-refractivity contribution in [3.05, 3.63) is 54.2 Å².